The molecular formula is C13H13N3O5. The highest BCUT2D eigenvalue weighted by Gasteiger charge is 2.32. The first-order valence-corrected chi connectivity index (χ1v) is 6.05. The van der Waals surface area contributed by atoms with E-state index >= 15 is 0 Å². The summed E-state index contributed by atoms with van der Waals surface area (Å²) in [7, 11) is 1.23. The van der Waals surface area contributed by atoms with Crippen LogP contribution in [0.25, 0.3) is 0 Å². The van der Waals surface area contributed by atoms with Gasteiger partial charge in [0.25, 0.3) is 5.69 Å². The van der Waals surface area contributed by atoms with E-state index in [-0.39, 0.29) is 11.3 Å². The summed E-state index contributed by atoms with van der Waals surface area (Å²) in [4.78, 5) is 33.8. The van der Waals surface area contributed by atoms with E-state index in [2.05, 4.69) is 10.6 Å². The third-order valence-electron chi connectivity index (χ3n) is 3.09. The Bertz CT molecular complexity index is 653. The Hall–Kier alpha value is -2.90. The zero-order valence-electron chi connectivity index (χ0n) is 11.4. The number of non-ortho nitro benzene ring substituents is 1. The van der Waals surface area contributed by atoms with Gasteiger partial charge < -0.3 is 15.4 Å². The number of allylic oxidation sites excluding steroid dienone is 1. The van der Waals surface area contributed by atoms with Crippen LogP contribution in [0.3, 0.4) is 0 Å². The van der Waals surface area contributed by atoms with Crippen LogP contribution in [0.5, 0.6) is 0 Å². The topological polar surface area (TPSA) is 111 Å². The fourth-order valence-corrected chi connectivity index (χ4v) is 2.14. The van der Waals surface area contributed by atoms with Crippen molar-refractivity contribution < 1.29 is 19.2 Å². The van der Waals surface area contributed by atoms with Gasteiger partial charge in [0, 0.05) is 17.8 Å². The maximum Gasteiger partial charge on any atom is 0.337 e. The third kappa shape index (κ3) is 2.83. The molecule has 0 fully saturated rings. The molecule has 0 saturated carbocycles. The first-order chi connectivity index (χ1) is 9.93. The van der Waals surface area contributed by atoms with Crippen LogP contribution < -0.4 is 10.6 Å². The standard InChI is InChI=1S/C13H13N3O5/c1-7-10(12(17)21-2)11(15-13(18)14-7)8-4-3-5-9(6-8)16(19)20/h3-6,11H,1-2H3,(H2,14,15,18)/t11-/m1/s1. The molecule has 2 amide bonds. The lowest BCUT2D eigenvalue weighted by atomic mass is 9.95. The molecule has 2 rings (SSSR count). The van der Waals surface area contributed by atoms with Gasteiger partial charge in [-0.25, -0.2) is 9.59 Å². The Morgan fingerprint density at radius 1 is 1.43 bits per heavy atom. The van der Waals surface area contributed by atoms with Gasteiger partial charge in [0.2, 0.25) is 0 Å². The van der Waals surface area contributed by atoms with E-state index in [1.165, 1.54) is 25.3 Å². The molecule has 0 aromatic heterocycles. The van der Waals surface area contributed by atoms with Crippen molar-refractivity contribution in [2.24, 2.45) is 0 Å². The van der Waals surface area contributed by atoms with Gasteiger partial charge >= 0.3 is 12.0 Å². The number of amides is 2. The Balaban J connectivity index is 2.51. The number of hydrogen-bond acceptors (Lipinski definition) is 5. The summed E-state index contributed by atoms with van der Waals surface area (Å²) in [6, 6.07) is 4.45. The van der Waals surface area contributed by atoms with Crippen LogP contribution in [0.1, 0.15) is 18.5 Å². The maximum absolute atomic E-state index is 11.9. The molecule has 21 heavy (non-hydrogen) atoms. The molecule has 1 aliphatic rings. The lowest BCUT2D eigenvalue weighted by Crippen LogP contribution is -2.45. The SMILES string of the molecule is COC(=O)C1=C(C)NC(=O)N[C@@H]1c1cccc([N+](=O)[O-])c1. The molecule has 1 atom stereocenters. The Morgan fingerprint density at radius 3 is 2.76 bits per heavy atom. The molecule has 0 unspecified atom stereocenters. The number of carbonyl (C=O) groups excluding carboxylic acids is 2. The molecule has 0 aliphatic carbocycles. The number of nitro groups is 1. The van der Waals surface area contributed by atoms with Crippen molar-refractivity contribution in [3.05, 3.63) is 51.2 Å². The average Bonchev–Trinajstić information content (AvgIpc) is 2.45. The number of esters is 1. The molecule has 0 spiro atoms. The lowest BCUT2D eigenvalue weighted by Gasteiger charge is -2.27. The number of carbonyl (C=O) groups is 2. The molecule has 1 aromatic carbocycles. The second-order valence-corrected chi connectivity index (χ2v) is 4.41. The van der Waals surface area contributed by atoms with Crippen LogP contribution >= 0.6 is 0 Å². The summed E-state index contributed by atoms with van der Waals surface area (Å²) in [6.45, 7) is 1.56. The van der Waals surface area contributed by atoms with Crippen LogP contribution in [-0.4, -0.2) is 24.0 Å². The second kappa shape index (κ2) is 5.61. The van der Waals surface area contributed by atoms with Crippen molar-refractivity contribution in [3.63, 3.8) is 0 Å². The minimum atomic E-state index is -0.800. The quantitative estimate of drug-likeness (QED) is 0.496. The fourth-order valence-electron chi connectivity index (χ4n) is 2.14. The van der Waals surface area contributed by atoms with Crippen LogP contribution in [0.15, 0.2) is 35.5 Å². The summed E-state index contributed by atoms with van der Waals surface area (Å²) in [5.74, 6) is -0.614. The van der Waals surface area contributed by atoms with E-state index in [4.69, 9.17) is 4.74 Å². The predicted octanol–water partition coefficient (Wildman–Crippen LogP) is 1.40. The second-order valence-electron chi connectivity index (χ2n) is 4.41. The van der Waals surface area contributed by atoms with Gasteiger partial charge in [-0.05, 0) is 12.5 Å². The van der Waals surface area contributed by atoms with E-state index in [1.54, 1.807) is 13.0 Å². The highest BCUT2D eigenvalue weighted by molar-refractivity contribution is 5.94. The highest BCUT2D eigenvalue weighted by atomic mass is 16.6. The van der Waals surface area contributed by atoms with Crippen LogP contribution in [0.2, 0.25) is 0 Å². The van der Waals surface area contributed by atoms with Gasteiger partial charge in [-0.2, -0.15) is 0 Å². The van der Waals surface area contributed by atoms with Crippen LogP contribution in [-0.2, 0) is 9.53 Å². The number of benzene rings is 1. The van der Waals surface area contributed by atoms with Crippen molar-refractivity contribution in [3.8, 4) is 0 Å². The van der Waals surface area contributed by atoms with Crippen LogP contribution in [0, 0.1) is 10.1 Å². The smallest absolute Gasteiger partial charge is 0.337 e. The summed E-state index contributed by atoms with van der Waals surface area (Å²) >= 11 is 0. The molecule has 0 saturated heterocycles. The largest absolute Gasteiger partial charge is 0.466 e. The Labute approximate surface area is 119 Å². The maximum atomic E-state index is 11.9. The first kappa shape index (κ1) is 14.5. The number of methoxy groups -OCH3 is 1. The van der Waals surface area contributed by atoms with Crippen molar-refractivity contribution in [1.29, 1.82) is 0 Å². The van der Waals surface area contributed by atoms with E-state index in [0.717, 1.165) is 0 Å². The van der Waals surface area contributed by atoms with E-state index in [0.29, 0.717) is 11.3 Å². The molecule has 110 valence electrons. The predicted molar refractivity (Wildman–Crippen MR) is 72.2 cm³/mol. The number of ether oxygens (including phenoxy) is 1. The zero-order chi connectivity index (χ0) is 15.6. The number of rotatable bonds is 3. The van der Waals surface area contributed by atoms with Gasteiger partial charge in [-0.3, -0.25) is 10.1 Å². The lowest BCUT2D eigenvalue weighted by molar-refractivity contribution is -0.384. The Kier molecular flexibility index (Phi) is 3.88. The number of hydrogen-bond donors (Lipinski definition) is 2. The molecule has 0 radical (unpaired) electrons. The summed E-state index contributed by atoms with van der Waals surface area (Å²) < 4.78 is 4.70. The van der Waals surface area contributed by atoms with Gasteiger partial charge in [-0.15, -0.1) is 0 Å². The fraction of sp³-hybridized carbons (Fsp3) is 0.231. The summed E-state index contributed by atoms with van der Waals surface area (Å²) in [6.07, 6.45) is 0. The number of nitrogens with zero attached hydrogens (tertiary/aromatic N) is 1. The molecule has 8 nitrogen and oxygen atoms in total. The molecule has 2 N–H and O–H groups in total. The highest BCUT2D eigenvalue weighted by Crippen LogP contribution is 2.29. The molecule has 1 heterocycles. The number of nitrogens with one attached hydrogen (secondary N) is 2. The molecule has 8 heteroatoms. The van der Waals surface area contributed by atoms with Gasteiger partial charge in [0.15, 0.2) is 0 Å². The normalized spacial score (nSPS) is 17.8. The minimum Gasteiger partial charge on any atom is -0.466 e. The molecular weight excluding hydrogens is 278 g/mol. The van der Waals surface area contributed by atoms with Crippen molar-refractivity contribution in [1.82, 2.24) is 10.6 Å². The molecule has 0 bridgehead atoms. The average molecular weight is 291 g/mol. The Morgan fingerprint density at radius 2 is 2.14 bits per heavy atom. The zero-order valence-corrected chi connectivity index (χ0v) is 11.4. The summed E-state index contributed by atoms with van der Waals surface area (Å²) in [5.41, 5.74) is 0.862. The first-order valence-electron chi connectivity index (χ1n) is 6.05. The molecule has 1 aliphatic heterocycles. The minimum absolute atomic E-state index is 0.123. The van der Waals surface area contributed by atoms with E-state index in [9.17, 15) is 19.7 Å². The van der Waals surface area contributed by atoms with E-state index in [1.807, 2.05) is 0 Å². The van der Waals surface area contributed by atoms with Gasteiger partial charge in [-0.1, -0.05) is 12.1 Å². The van der Waals surface area contributed by atoms with E-state index < -0.39 is 23.0 Å². The van der Waals surface area contributed by atoms with Gasteiger partial charge in [0.1, 0.15) is 0 Å². The van der Waals surface area contributed by atoms with Crippen molar-refractivity contribution in [2.45, 2.75) is 13.0 Å². The van der Waals surface area contributed by atoms with Crippen molar-refractivity contribution >= 4 is 17.7 Å². The summed E-state index contributed by atoms with van der Waals surface area (Å²) in [5, 5.41) is 15.9. The number of nitro benzene ring substituents is 1. The monoisotopic (exact) mass is 291 g/mol. The van der Waals surface area contributed by atoms with Gasteiger partial charge in [0.05, 0.1) is 23.6 Å². The molecule has 1 aromatic rings. The number of urea groups is 1. The van der Waals surface area contributed by atoms with Crippen molar-refractivity contribution in [2.75, 3.05) is 7.11 Å². The van der Waals surface area contributed by atoms with Crippen LogP contribution in [0.4, 0.5) is 10.5 Å². The third-order valence-corrected chi connectivity index (χ3v) is 3.09.